The van der Waals surface area contributed by atoms with Gasteiger partial charge in [0.1, 0.15) is 12.2 Å². The molecular formula is C13H20FNO6. The number of carboxylic acid groups (broad SMARTS) is 2. The number of carbonyl (C=O) groups excluding carboxylic acids is 2. The lowest BCUT2D eigenvalue weighted by Crippen LogP contribution is -2.78. The minimum Gasteiger partial charge on any atom is -0.498 e. The normalized spacial score (nSPS) is 33.2. The van der Waals surface area contributed by atoms with Crippen molar-refractivity contribution < 1.29 is 38.2 Å². The number of imide groups is 1. The summed E-state index contributed by atoms with van der Waals surface area (Å²) < 4.78 is 15.8. The lowest BCUT2D eigenvalue weighted by molar-refractivity contribution is -0.880. The Bertz CT molecular complexity index is 474. The Morgan fingerprint density at radius 1 is 1.52 bits per heavy atom. The van der Waals surface area contributed by atoms with E-state index >= 15 is 0 Å². The fourth-order valence-electron chi connectivity index (χ4n) is 3.23. The molecule has 1 aliphatic rings. The van der Waals surface area contributed by atoms with Gasteiger partial charge in [0, 0.05) is 6.92 Å². The predicted molar refractivity (Wildman–Crippen MR) is 66.8 cm³/mol. The van der Waals surface area contributed by atoms with Crippen molar-refractivity contribution in [3.63, 3.8) is 0 Å². The van der Waals surface area contributed by atoms with Crippen LogP contribution in [0.15, 0.2) is 0 Å². The highest BCUT2D eigenvalue weighted by atomic mass is 19.1. The van der Waals surface area contributed by atoms with Crippen molar-refractivity contribution in [1.29, 1.82) is 0 Å². The summed E-state index contributed by atoms with van der Waals surface area (Å²) in [7, 11) is 0. The average molecular weight is 305 g/mol. The number of aliphatic carboxylic acids is 1. The smallest absolute Gasteiger partial charge is 0.366 e. The van der Waals surface area contributed by atoms with Gasteiger partial charge in [0.15, 0.2) is 6.10 Å². The number of carbonyl (C=O) groups is 3. The van der Waals surface area contributed by atoms with Gasteiger partial charge >= 0.3 is 11.9 Å². The topological polar surface area (TPSA) is 104 Å². The molecule has 0 aromatic rings. The van der Waals surface area contributed by atoms with E-state index in [1.165, 1.54) is 27.7 Å². The van der Waals surface area contributed by atoms with Crippen LogP contribution < -0.4 is 5.11 Å². The number of amides is 2. The maximum Gasteiger partial charge on any atom is 0.366 e. The number of ether oxygens (including phenoxy) is 1. The van der Waals surface area contributed by atoms with Gasteiger partial charge in [0.2, 0.25) is 5.54 Å². The van der Waals surface area contributed by atoms with Crippen LogP contribution in [0.1, 0.15) is 34.1 Å². The largest absolute Gasteiger partial charge is 0.498 e. The molecular weight excluding hydrogens is 285 g/mol. The van der Waals surface area contributed by atoms with Gasteiger partial charge in [-0.1, -0.05) is 0 Å². The third-order valence-electron chi connectivity index (χ3n) is 4.07. The SMILES string of the molecule is CC(C)(C)[N+]1(C(=O)[O-])C(=O)[C@@H](OCCF)C[C@@]1(C)C(=O)O. The maximum atomic E-state index is 12.6. The van der Waals surface area contributed by atoms with Gasteiger partial charge < -0.3 is 19.7 Å². The summed E-state index contributed by atoms with van der Waals surface area (Å²) in [5, 5.41) is 21.3. The van der Waals surface area contributed by atoms with Crippen molar-refractivity contribution in [1.82, 2.24) is 0 Å². The van der Waals surface area contributed by atoms with Crippen LogP contribution in [0.25, 0.3) is 0 Å². The van der Waals surface area contributed by atoms with E-state index < -0.39 is 52.9 Å². The average Bonchev–Trinajstić information content (AvgIpc) is 2.56. The zero-order chi connectivity index (χ0) is 16.6. The summed E-state index contributed by atoms with van der Waals surface area (Å²) in [5.41, 5.74) is -3.22. The number of halogens is 1. The van der Waals surface area contributed by atoms with E-state index in [1.54, 1.807) is 0 Å². The Morgan fingerprint density at radius 3 is 2.33 bits per heavy atom. The highest BCUT2D eigenvalue weighted by molar-refractivity contribution is 5.93. The van der Waals surface area contributed by atoms with E-state index in [4.69, 9.17) is 4.74 Å². The van der Waals surface area contributed by atoms with Crippen molar-refractivity contribution in [3.05, 3.63) is 0 Å². The molecule has 0 aromatic carbocycles. The van der Waals surface area contributed by atoms with Crippen molar-refractivity contribution in [3.8, 4) is 0 Å². The number of alkyl halides is 1. The fourth-order valence-corrected chi connectivity index (χ4v) is 3.23. The Morgan fingerprint density at radius 2 is 2.05 bits per heavy atom. The number of quaternary nitrogens is 1. The van der Waals surface area contributed by atoms with Crippen LogP contribution in [-0.4, -0.2) is 58.0 Å². The molecule has 1 fully saturated rings. The van der Waals surface area contributed by atoms with E-state index in [1.807, 2.05) is 0 Å². The zero-order valence-corrected chi connectivity index (χ0v) is 12.5. The molecule has 0 spiro atoms. The standard InChI is InChI=1S/C13H20FNO6/c1-12(2,3)15(11(19)20)9(16)8(21-6-5-14)7-13(15,4)10(17)18/h8H,5-7H2,1-4H3,(H-,17,18,19,20)/t8-,13-,15?/m0/s1. The number of carboxylic acids is 1. The summed E-state index contributed by atoms with van der Waals surface area (Å²) in [6, 6.07) is 0. The van der Waals surface area contributed by atoms with Crippen LogP contribution in [0.5, 0.6) is 0 Å². The van der Waals surface area contributed by atoms with Gasteiger partial charge in [0.05, 0.1) is 13.0 Å². The molecule has 1 N–H and O–H groups in total. The molecule has 1 rings (SSSR count). The molecule has 1 aliphatic heterocycles. The third kappa shape index (κ3) is 2.22. The van der Waals surface area contributed by atoms with Gasteiger partial charge in [-0.05, 0) is 20.8 Å². The van der Waals surface area contributed by atoms with E-state index in [0.29, 0.717) is 0 Å². The van der Waals surface area contributed by atoms with Crippen LogP contribution in [0.4, 0.5) is 9.18 Å². The minimum absolute atomic E-state index is 0.355. The molecule has 2 amide bonds. The molecule has 1 heterocycles. The summed E-state index contributed by atoms with van der Waals surface area (Å²) in [5.74, 6) is -2.37. The first kappa shape index (κ1) is 17.5. The number of hydrogen-bond acceptors (Lipinski definition) is 5. The Kier molecular flexibility index (Phi) is 4.45. The second-order valence-corrected chi connectivity index (χ2v) is 6.28. The van der Waals surface area contributed by atoms with Crippen LogP contribution in [0.2, 0.25) is 0 Å². The van der Waals surface area contributed by atoms with Crippen LogP contribution in [-0.2, 0) is 14.3 Å². The molecule has 120 valence electrons. The van der Waals surface area contributed by atoms with E-state index in [0.717, 1.165) is 0 Å². The molecule has 1 saturated heterocycles. The van der Waals surface area contributed by atoms with E-state index in [9.17, 15) is 29.0 Å². The van der Waals surface area contributed by atoms with Crippen molar-refractivity contribution >= 4 is 18.0 Å². The Labute approximate surface area is 121 Å². The van der Waals surface area contributed by atoms with Crippen LogP contribution >= 0.6 is 0 Å². The molecule has 0 saturated carbocycles. The van der Waals surface area contributed by atoms with Gasteiger partial charge in [-0.15, -0.1) is 0 Å². The molecule has 7 nitrogen and oxygen atoms in total. The van der Waals surface area contributed by atoms with Crippen LogP contribution in [0, 0.1) is 0 Å². The number of rotatable bonds is 4. The highest BCUT2D eigenvalue weighted by Crippen LogP contribution is 2.46. The van der Waals surface area contributed by atoms with Gasteiger partial charge in [-0.3, -0.25) is 0 Å². The lowest BCUT2D eigenvalue weighted by atomic mass is 9.89. The first-order valence-corrected chi connectivity index (χ1v) is 6.53. The first-order valence-electron chi connectivity index (χ1n) is 6.53. The van der Waals surface area contributed by atoms with Gasteiger partial charge in [-0.25, -0.2) is 14.0 Å². The fraction of sp³-hybridized carbons (Fsp3) is 0.769. The quantitative estimate of drug-likeness (QED) is 0.737. The van der Waals surface area contributed by atoms with Crippen molar-refractivity contribution in [2.75, 3.05) is 13.3 Å². The first-order chi connectivity index (χ1) is 9.46. The van der Waals surface area contributed by atoms with Crippen molar-refractivity contribution in [2.45, 2.75) is 51.3 Å². The summed E-state index contributed by atoms with van der Waals surface area (Å²) in [6.45, 7) is 4.25. The molecule has 21 heavy (non-hydrogen) atoms. The number of likely N-dealkylation sites (tertiary alicyclic amines) is 1. The number of nitrogens with zero attached hydrogens (tertiary/aromatic N) is 1. The molecule has 3 atom stereocenters. The molecule has 0 radical (unpaired) electrons. The summed E-state index contributed by atoms with van der Waals surface area (Å²) in [6.07, 6.45) is -3.45. The molecule has 0 bridgehead atoms. The van der Waals surface area contributed by atoms with Crippen LogP contribution in [0.3, 0.4) is 0 Å². The zero-order valence-electron chi connectivity index (χ0n) is 12.5. The Balaban J connectivity index is 3.51. The molecule has 1 unspecified atom stereocenters. The Hall–Kier alpha value is -1.54. The number of hydrogen-bond donors (Lipinski definition) is 1. The van der Waals surface area contributed by atoms with E-state index in [-0.39, 0.29) is 6.42 Å². The second kappa shape index (κ2) is 5.34. The van der Waals surface area contributed by atoms with Gasteiger partial charge in [0.25, 0.3) is 6.09 Å². The predicted octanol–water partition coefficient (Wildman–Crippen LogP) is 0.0733. The minimum atomic E-state index is -1.95. The summed E-state index contributed by atoms with van der Waals surface area (Å²) in [4.78, 5) is 36.0. The van der Waals surface area contributed by atoms with Crippen molar-refractivity contribution in [2.24, 2.45) is 0 Å². The van der Waals surface area contributed by atoms with Gasteiger partial charge in [-0.2, -0.15) is 4.48 Å². The molecule has 0 aliphatic carbocycles. The molecule has 8 heteroatoms. The molecule has 0 aromatic heterocycles. The maximum absolute atomic E-state index is 12.6. The second-order valence-electron chi connectivity index (χ2n) is 6.28. The summed E-state index contributed by atoms with van der Waals surface area (Å²) >= 11 is 0. The van der Waals surface area contributed by atoms with E-state index in [2.05, 4.69) is 0 Å². The third-order valence-corrected chi connectivity index (χ3v) is 4.07. The monoisotopic (exact) mass is 305 g/mol. The highest BCUT2D eigenvalue weighted by Gasteiger charge is 2.73. The lowest BCUT2D eigenvalue weighted by Gasteiger charge is -2.49.